The average molecular weight is 245 g/mol. The molecule has 0 saturated heterocycles. The van der Waals surface area contributed by atoms with Crippen molar-refractivity contribution in [2.45, 2.75) is 57.4 Å². The highest BCUT2D eigenvalue weighted by atomic mass is 32.2. The molecular formula is C13H27NOS. The third-order valence-corrected chi connectivity index (χ3v) is 5.14. The Morgan fingerprint density at radius 1 is 1.38 bits per heavy atom. The number of hydrogen-bond donors (Lipinski definition) is 2. The molecule has 0 spiro atoms. The zero-order valence-electron chi connectivity index (χ0n) is 11.1. The van der Waals surface area contributed by atoms with Crippen LogP contribution in [0, 0.1) is 11.8 Å². The van der Waals surface area contributed by atoms with Crippen molar-refractivity contribution in [3.63, 3.8) is 0 Å². The molecule has 0 aromatic carbocycles. The van der Waals surface area contributed by atoms with Gasteiger partial charge in [0.05, 0.1) is 6.61 Å². The van der Waals surface area contributed by atoms with Crippen molar-refractivity contribution >= 4 is 11.8 Å². The van der Waals surface area contributed by atoms with E-state index >= 15 is 0 Å². The van der Waals surface area contributed by atoms with Crippen LogP contribution in [-0.4, -0.2) is 35.3 Å². The van der Waals surface area contributed by atoms with E-state index in [4.69, 9.17) is 0 Å². The first kappa shape index (κ1) is 14.3. The third-order valence-electron chi connectivity index (χ3n) is 3.98. The Kier molecular flexibility index (Phi) is 6.16. The average Bonchev–Trinajstić information content (AvgIpc) is 2.25. The lowest BCUT2D eigenvalue weighted by atomic mass is 9.80. The fourth-order valence-electron chi connectivity index (χ4n) is 2.65. The molecule has 96 valence electrons. The lowest BCUT2D eigenvalue weighted by Gasteiger charge is -2.36. The summed E-state index contributed by atoms with van der Waals surface area (Å²) in [6.07, 6.45) is 6.08. The number of thioether (sulfide) groups is 1. The highest BCUT2D eigenvalue weighted by Crippen LogP contribution is 2.29. The monoisotopic (exact) mass is 245 g/mol. The largest absolute Gasteiger partial charge is 0.395 e. The Bertz CT molecular complexity index is 196. The van der Waals surface area contributed by atoms with Crippen LogP contribution in [-0.2, 0) is 0 Å². The molecule has 2 N–H and O–H groups in total. The first-order valence-electron chi connectivity index (χ1n) is 6.48. The summed E-state index contributed by atoms with van der Waals surface area (Å²) in [5.41, 5.74) is 0. The summed E-state index contributed by atoms with van der Waals surface area (Å²) in [4.78, 5) is 0. The molecule has 0 radical (unpaired) electrons. The fraction of sp³-hybridized carbons (Fsp3) is 1.00. The Hall–Kier alpha value is 0.270. The fourth-order valence-corrected chi connectivity index (χ4v) is 3.28. The van der Waals surface area contributed by atoms with Crippen LogP contribution >= 0.6 is 11.8 Å². The molecule has 0 heterocycles. The Morgan fingerprint density at radius 3 is 2.62 bits per heavy atom. The summed E-state index contributed by atoms with van der Waals surface area (Å²) in [6.45, 7) is 7.17. The van der Waals surface area contributed by atoms with Gasteiger partial charge in [0.25, 0.3) is 0 Å². The maximum absolute atomic E-state index is 9.28. The van der Waals surface area contributed by atoms with E-state index in [0.29, 0.717) is 17.3 Å². The molecule has 0 aromatic rings. The zero-order valence-corrected chi connectivity index (χ0v) is 11.9. The van der Waals surface area contributed by atoms with Crippen molar-refractivity contribution < 1.29 is 5.11 Å². The lowest BCUT2D eigenvalue weighted by Crippen LogP contribution is -2.48. The molecule has 1 rings (SSSR count). The van der Waals surface area contributed by atoms with Gasteiger partial charge < -0.3 is 10.4 Å². The minimum Gasteiger partial charge on any atom is -0.395 e. The van der Waals surface area contributed by atoms with Gasteiger partial charge in [-0.25, -0.2) is 0 Å². The highest BCUT2D eigenvalue weighted by molar-refractivity contribution is 7.99. The normalized spacial score (nSPS) is 34.7. The van der Waals surface area contributed by atoms with Crippen molar-refractivity contribution in [3.8, 4) is 0 Å². The van der Waals surface area contributed by atoms with Crippen LogP contribution in [0.1, 0.15) is 40.0 Å². The second-order valence-corrected chi connectivity index (χ2v) is 6.49. The third kappa shape index (κ3) is 3.94. The Labute approximate surface area is 105 Å². The summed E-state index contributed by atoms with van der Waals surface area (Å²) >= 11 is 1.76. The lowest BCUT2D eigenvalue weighted by molar-refractivity contribution is 0.203. The molecule has 1 aliphatic rings. The van der Waals surface area contributed by atoms with Crippen LogP contribution in [0.25, 0.3) is 0 Å². The molecule has 2 nitrogen and oxygen atoms in total. The molecule has 0 aromatic heterocycles. The first-order chi connectivity index (χ1) is 7.58. The molecule has 5 unspecified atom stereocenters. The van der Waals surface area contributed by atoms with E-state index < -0.39 is 0 Å². The van der Waals surface area contributed by atoms with Gasteiger partial charge in [0.1, 0.15) is 0 Å². The molecule has 0 amide bonds. The molecule has 0 bridgehead atoms. The van der Waals surface area contributed by atoms with Crippen molar-refractivity contribution in [1.82, 2.24) is 5.32 Å². The standard InChI is InChI=1S/C13H27NOS/c1-9-5-6-10(2)12(7-9)14-11(3)13(8-15)16-4/h9-15H,5-8H2,1-4H3. The van der Waals surface area contributed by atoms with E-state index in [2.05, 4.69) is 32.3 Å². The smallest absolute Gasteiger partial charge is 0.0564 e. The van der Waals surface area contributed by atoms with Crippen LogP contribution in [0.5, 0.6) is 0 Å². The summed E-state index contributed by atoms with van der Waals surface area (Å²) in [5, 5.41) is 13.3. The number of rotatable bonds is 5. The zero-order chi connectivity index (χ0) is 12.1. The number of hydrogen-bond acceptors (Lipinski definition) is 3. The molecule has 16 heavy (non-hydrogen) atoms. The summed E-state index contributed by atoms with van der Waals surface area (Å²) in [6, 6.07) is 1.04. The predicted molar refractivity (Wildman–Crippen MR) is 73.0 cm³/mol. The van der Waals surface area contributed by atoms with Crippen LogP contribution in [0.3, 0.4) is 0 Å². The quantitative estimate of drug-likeness (QED) is 0.780. The number of aliphatic hydroxyl groups excluding tert-OH is 1. The Balaban J connectivity index is 2.44. The van der Waals surface area contributed by atoms with Crippen molar-refractivity contribution in [1.29, 1.82) is 0 Å². The van der Waals surface area contributed by atoms with E-state index in [1.54, 1.807) is 11.8 Å². The summed E-state index contributed by atoms with van der Waals surface area (Å²) in [7, 11) is 0. The number of aliphatic hydroxyl groups is 1. The second-order valence-electron chi connectivity index (χ2n) is 5.41. The van der Waals surface area contributed by atoms with E-state index in [1.165, 1.54) is 19.3 Å². The maximum Gasteiger partial charge on any atom is 0.0564 e. The van der Waals surface area contributed by atoms with E-state index in [9.17, 15) is 5.11 Å². The molecule has 1 saturated carbocycles. The van der Waals surface area contributed by atoms with E-state index in [0.717, 1.165) is 11.8 Å². The van der Waals surface area contributed by atoms with Gasteiger partial charge in [-0.1, -0.05) is 20.3 Å². The Morgan fingerprint density at radius 2 is 2.06 bits per heavy atom. The van der Waals surface area contributed by atoms with Gasteiger partial charge in [-0.15, -0.1) is 0 Å². The molecule has 0 aliphatic heterocycles. The van der Waals surface area contributed by atoms with Gasteiger partial charge in [0.2, 0.25) is 0 Å². The van der Waals surface area contributed by atoms with Gasteiger partial charge >= 0.3 is 0 Å². The highest BCUT2D eigenvalue weighted by Gasteiger charge is 2.28. The SMILES string of the molecule is CSC(CO)C(C)NC1CC(C)CCC1C. The molecule has 1 fully saturated rings. The minimum atomic E-state index is 0.270. The van der Waals surface area contributed by atoms with Gasteiger partial charge in [0.15, 0.2) is 0 Å². The predicted octanol–water partition coefficient (Wildman–Crippen LogP) is 2.51. The van der Waals surface area contributed by atoms with Gasteiger partial charge in [-0.05, 0) is 37.9 Å². The summed E-state index contributed by atoms with van der Waals surface area (Å²) in [5.74, 6) is 1.63. The first-order valence-corrected chi connectivity index (χ1v) is 7.77. The van der Waals surface area contributed by atoms with Crippen LogP contribution in [0.4, 0.5) is 0 Å². The molecule has 1 aliphatic carbocycles. The molecule has 3 heteroatoms. The maximum atomic E-state index is 9.28. The van der Waals surface area contributed by atoms with E-state index in [1.807, 2.05) is 0 Å². The van der Waals surface area contributed by atoms with Crippen LogP contribution in [0.2, 0.25) is 0 Å². The van der Waals surface area contributed by atoms with Crippen molar-refractivity contribution in [3.05, 3.63) is 0 Å². The van der Waals surface area contributed by atoms with Crippen LogP contribution < -0.4 is 5.32 Å². The van der Waals surface area contributed by atoms with Gasteiger partial charge in [0, 0.05) is 17.3 Å². The minimum absolute atomic E-state index is 0.270. The molecular weight excluding hydrogens is 218 g/mol. The van der Waals surface area contributed by atoms with Crippen molar-refractivity contribution in [2.75, 3.05) is 12.9 Å². The molecule has 5 atom stereocenters. The number of nitrogens with one attached hydrogen (secondary N) is 1. The second kappa shape index (κ2) is 6.87. The topological polar surface area (TPSA) is 32.3 Å². The summed E-state index contributed by atoms with van der Waals surface area (Å²) < 4.78 is 0. The van der Waals surface area contributed by atoms with Gasteiger partial charge in [-0.2, -0.15) is 11.8 Å². The van der Waals surface area contributed by atoms with Crippen LogP contribution in [0.15, 0.2) is 0 Å². The van der Waals surface area contributed by atoms with E-state index in [-0.39, 0.29) is 6.61 Å². The van der Waals surface area contributed by atoms with Crippen molar-refractivity contribution in [2.24, 2.45) is 11.8 Å². The van der Waals surface area contributed by atoms with Gasteiger partial charge in [-0.3, -0.25) is 0 Å².